The molecule has 0 fully saturated rings. The summed E-state index contributed by atoms with van der Waals surface area (Å²) in [6, 6.07) is 9.39. The average molecular weight is 265 g/mol. The summed E-state index contributed by atoms with van der Waals surface area (Å²) in [5.41, 5.74) is 2.90. The van der Waals surface area contributed by atoms with Gasteiger partial charge in [-0.25, -0.2) is 0 Å². The zero-order valence-electron chi connectivity index (χ0n) is 12.0. The fourth-order valence-corrected chi connectivity index (χ4v) is 3.26. The number of aryl methyl sites for hydroxylation is 1. The van der Waals surface area contributed by atoms with Gasteiger partial charge in [-0.3, -0.25) is 0 Å². The van der Waals surface area contributed by atoms with Crippen LogP contribution in [0.1, 0.15) is 44.2 Å². The van der Waals surface area contributed by atoms with Crippen molar-refractivity contribution in [2.24, 2.45) is 0 Å². The molecule has 0 saturated heterocycles. The summed E-state index contributed by atoms with van der Waals surface area (Å²) < 4.78 is 0. The molecule has 0 bridgehead atoms. The number of benzene rings is 1. The standard InChI is InChI=1S/C16H27NS/c1-4-8-16(17-11-5-2)13-18-12-15-10-7-6-9-14(15)3/h6-7,9-10,16-17H,4-5,8,11-13H2,1-3H3. The second kappa shape index (κ2) is 9.46. The van der Waals surface area contributed by atoms with E-state index < -0.39 is 0 Å². The van der Waals surface area contributed by atoms with E-state index in [0.29, 0.717) is 6.04 Å². The van der Waals surface area contributed by atoms with Crippen molar-refractivity contribution in [3.63, 3.8) is 0 Å². The Balaban J connectivity index is 2.31. The molecular weight excluding hydrogens is 238 g/mol. The molecule has 1 aromatic rings. The normalized spacial score (nSPS) is 12.6. The molecule has 0 aliphatic rings. The molecule has 0 aliphatic heterocycles. The molecule has 1 atom stereocenters. The minimum Gasteiger partial charge on any atom is -0.313 e. The summed E-state index contributed by atoms with van der Waals surface area (Å²) in [4.78, 5) is 0. The van der Waals surface area contributed by atoms with Gasteiger partial charge in [-0.05, 0) is 37.4 Å². The maximum atomic E-state index is 3.65. The average Bonchev–Trinajstić information content (AvgIpc) is 2.38. The second-order valence-corrected chi connectivity index (χ2v) is 5.91. The molecule has 0 amide bonds. The Hall–Kier alpha value is -0.470. The molecular formula is C16H27NS. The highest BCUT2D eigenvalue weighted by Gasteiger charge is 2.07. The number of nitrogens with one attached hydrogen (secondary N) is 1. The first kappa shape index (κ1) is 15.6. The first-order chi connectivity index (χ1) is 8.77. The molecule has 0 saturated carbocycles. The molecule has 0 aliphatic carbocycles. The van der Waals surface area contributed by atoms with Gasteiger partial charge in [0.05, 0.1) is 0 Å². The van der Waals surface area contributed by atoms with Crippen LogP contribution in [-0.2, 0) is 5.75 Å². The predicted molar refractivity (Wildman–Crippen MR) is 84.3 cm³/mol. The Kier molecular flexibility index (Phi) is 8.19. The lowest BCUT2D eigenvalue weighted by molar-refractivity contribution is 0.514. The largest absolute Gasteiger partial charge is 0.313 e. The van der Waals surface area contributed by atoms with Gasteiger partial charge in [-0.2, -0.15) is 11.8 Å². The molecule has 102 valence electrons. The van der Waals surface area contributed by atoms with Crippen LogP contribution >= 0.6 is 11.8 Å². The Morgan fingerprint density at radius 3 is 2.61 bits per heavy atom. The summed E-state index contributed by atoms with van der Waals surface area (Å²) >= 11 is 2.06. The van der Waals surface area contributed by atoms with Crippen molar-refractivity contribution in [2.45, 2.75) is 51.8 Å². The number of hydrogen-bond donors (Lipinski definition) is 1. The van der Waals surface area contributed by atoms with Crippen LogP contribution in [0.4, 0.5) is 0 Å². The van der Waals surface area contributed by atoms with Crippen LogP contribution in [0.15, 0.2) is 24.3 Å². The van der Waals surface area contributed by atoms with Crippen molar-refractivity contribution < 1.29 is 0 Å². The summed E-state index contributed by atoms with van der Waals surface area (Å²) in [6.45, 7) is 7.85. The third-order valence-electron chi connectivity index (χ3n) is 3.16. The van der Waals surface area contributed by atoms with E-state index >= 15 is 0 Å². The minimum absolute atomic E-state index is 0.684. The van der Waals surface area contributed by atoms with Crippen LogP contribution < -0.4 is 5.32 Å². The van der Waals surface area contributed by atoms with E-state index in [1.54, 1.807) is 0 Å². The van der Waals surface area contributed by atoms with Gasteiger partial charge < -0.3 is 5.32 Å². The van der Waals surface area contributed by atoms with E-state index in [4.69, 9.17) is 0 Å². The summed E-state index contributed by atoms with van der Waals surface area (Å²) in [5, 5.41) is 3.65. The van der Waals surface area contributed by atoms with Gasteiger partial charge in [0.15, 0.2) is 0 Å². The topological polar surface area (TPSA) is 12.0 Å². The van der Waals surface area contributed by atoms with Crippen molar-refractivity contribution in [2.75, 3.05) is 12.3 Å². The van der Waals surface area contributed by atoms with Crippen molar-refractivity contribution in [3.8, 4) is 0 Å². The SMILES string of the molecule is CCCNC(CCC)CSCc1ccccc1C. The van der Waals surface area contributed by atoms with Crippen molar-refractivity contribution in [1.29, 1.82) is 0 Å². The van der Waals surface area contributed by atoms with E-state index in [0.717, 1.165) is 12.3 Å². The van der Waals surface area contributed by atoms with Gasteiger partial charge in [0.25, 0.3) is 0 Å². The van der Waals surface area contributed by atoms with E-state index in [2.05, 4.69) is 62.1 Å². The molecule has 1 N–H and O–H groups in total. The van der Waals surface area contributed by atoms with Crippen molar-refractivity contribution >= 4 is 11.8 Å². The second-order valence-electron chi connectivity index (χ2n) is 4.88. The smallest absolute Gasteiger partial charge is 0.0187 e. The van der Waals surface area contributed by atoms with Crippen LogP contribution in [0, 0.1) is 6.92 Å². The minimum atomic E-state index is 0.684. The fourth-order valence-electron chi connectivity index (χ4n) is 2.02. The molecule has 0 spiro atoms. The van der Waals surface area contributed by atoms with Crippen LogP contribution in [0.25, 0.3) is 0 Å². The lowest BCUT2D eigenvalue weighted by atomic mass is 10.1. The van der Waals surface area contributed by atoms with Gasteiger partial charge in [0, 0.05) is 17.5 Å². The lowest BCUT2D eigenvalue weighted by Crippen LogP contribution is -2.31. The van der Waals surface area contributed by atoms with Crippen LogP contribution in [0.2, 0.25) is 0 Å². The lowest BCUT2D eigenvalue weighted by Gasteiger charge is -2.17. The van der Waals surface area contributed by atoms with Crippen molar-refractivity contribution in [1.82, 2.24) is 5.32 Å². The van der Waals surface area contributed by atoms with Crippen LogP contribution in [0.5, 0.6) is 0 Å². The van der Waals surface area contributed by atoms with E-state index in [1.165, 1.54) is 36.1 Å². The summed E-state index contributed by atoms with van der Waals surface area (Å²) in [6.07, 6.45) is 3.79. The van der Waals surface area contributed by atoms with Crippen LogP contribution in [-0.4, -0.2) is 18.3 Å². The third kappa shape index (κ3) is 5.92. The first-order valence-corrected chi connectivity index (χ1v) is 8.29. The Labute approximate surface area is 117 Å². The molecule has 1 aromatic carbocycles. The Bertz CT molecular complexity index is 325. The Morgan fingerprint density at radius 1 is 1.17 bits per heavy atom. The van der Waals surface area contributed by atoms with Crippen molar-refractivity contribution in [3.05, 3.63) is 35.4 Å². The van der Waals surface area contributed by atoms with Gasteiger partial charge in [-0.15, -0.1) is 0 Å². The van der Waals surface area contributed by atoms with Gasteiger partial charge >= 0.3 is 0 Å². The first-order valence-electron chi connectivity index (χ1n) is 7.13. The number of rotatable bonds is 9. The van der Waals surface area contributed by atoms with E-state index in [9.17, 15) is 0 Å². The molecule has 1 nitrogen and oxygen atoms in total. The van der Waals surface area contributed by atoms with E-state index in [-0.39, 0.29) is 0 Å². The fraction of sp³-hybridized carbons (Fsp3) is 0.625. The van der Waals surface area contributed by atoms with Crippen LogP contribution in [0.3, 0.4) is 0 Å². The highest BCUT2D eigenvalue weighted by atomic mass is 32.2. The molecule has 18 heavy (non-hydrogen) atoms. The third-order valence-corrected chi connectivity index (χ3v) is 4.31. The molecule has 1 rings (SSSR count). The maximum absolute atomic E-state index is 3.65. The van der Waals surface area contributed by atoms with E-state index in [1.807, 2.05) is 0 Å². The summed E-state index contributed by atoms with van der Waals surface area (Å²) in [7, 11) is 0. The zero-order chi connectivity index (χ0) is 13.2. The molecule has 0 aromatic heterocycles. The number of thioether (sulfide) groups is 1. The maximum Gasteiger partial charge on any atom is 0.0187 e. The molecule has 0 radical (unpaired) electrons. The zero-order valence-corrected chi connectivity index (χ0v) is 12.9. The molecule has 1 unspecified atom stereocenters. The van der Waals surface area contributed by atoms with Gasteiger partial charge in [-0.1, -0.05) is 44.5 Å². The van der Waals surface area contributed by atoms with Gasteiger partial charge in [0.2, 0.25) is 0 Å². The molecule has 0 heterocycles. The monoisotopic (exact) mass is 265 g/mol. The highest BCUT2D eigenvalue weighted by Crippen LogP contribution is 2.17. The predicted octanol–water partition coefficient (Wildman–Crippen LogP) is 4.40. The molecule has 2 heteroatoms. The van der Waals surface area contributed by atoms with Gasteiger partial charge in [0.1, 0.15) is 0 Å². The Morgan fingerprint density at radius 2 is 1.94 bits per heavy atom. The quantitative estimate of drug-likeness (QED) is 0.710. The summed E-state index contributed by atoms with van der Waals surface area (Å²) in [5.74, 6) is 2.36. The number of hydrogen-bond acceptors (Lipinski definition) is 2. The highest BCUT2D eigenvalue weighted by molar-refractivity contribution is 7.98.